The van der Waals surface area contributed by atoms with Gasteiger partial charge in [0.2, 0.25) is 0 Å². The Bertz CT molecular complexity index is 571. The molecule has 0 aliphatic carbocycles. The summed E-state index contributed by atoms with van der Waals surface area (Å²) in [6, 6.07) is 14.9. The van der Waals surface area contributed by atoms with Gasteiger partial charge in [-0.05, 0) is 37.6 Å². The number of benzene rings is 2. The summed E-state index contributed by atoms with van der Waals surface area (Å²) in [7, 11) is 1.89. The highest BCUT2D eigenvalue weighted by molar-refractivity contribution is 5.37. The van der Waals surface area contributed by atoms with Gasteiger partial charge in [-0.1, -0.05) is 43.3 Å². The molecule has 1 N–H and O–H groups in total. The molecular weight excluding hydrogens is 265 g/mol. The molecule has 21 heavy (non-hydrogen) atoms. The van der Waals surface area contributed by atoms with E-state index in [1.807, 2.05) is 43.4 Å². The van der Waals surface area contributed by atoms with Crippen LogP contribution in [-0.2, 0) is 6.42 Å². The second kappa shape index (κ2) is 7.79. The SMILES string of the molecule is CCCOc1ccccc1C(Cc1ccccc1F)NC. The Kier molecular flexibility index (Phi) is 5.76. The molecular formula is C18H22FNO. The predicted molar refractivity (Wildman–Crippen MR) is 84.1 cm³/mol. The van der Waals surface area contributed by atoms with Crippen molar-refractivity contribution in [2.45, 2.75) is 25.8 Å². The maximum Gasteiger partial charge on any atom is 0.126 e. The maximum absolute atomic E-state index is 13.8. The van der Waals surface area contributed by atoms with E-state index in [4.69, 9.17) is 4.74 Å². The van der Waals surface area contributed by atoms with Crippen LogP contribution in [0, 0.1) is 5.82 Å². The van der Waals surface area contributed by atoms with Gasteiger partial charge in [0.25, 0.3) is 0 Å². The van der Waals surface area contributed by atoms with Crippen molar-refractivity contribution in [3.05, 3.63) is 65.5 Å². The first kappa shape index (κ1) is 15.5. The molecule has 0 aliphatic rings. The molecule has 0 aliphatic heterocycles. The zero-order valence-electron chi connectivity index (χ0n) is 12.6. The molecule has 112 valence electrons. The summed E-state index contributed by atoms with van der Waals surface area (Å²) >= 11 is 0. The van der Waals surface area contributed by atoms with Gasteiger partial charge < -0.3 is 10.1 Å². The fourth-order valence-electron chi connectivity index (χ4n) is 2.36. The highest BCUT2D eigenvalue weighted by Crippen LogP contribution is 2.28. The molecule has 0 spiro atoms. The van der Waals surface area contributed by atoms with Crippen LogP contribution in [0.25, 0.3) is 0 Å². The molecule has 0 fully saturated rings. The number of hydrogen-bond acceptors (Lipinski definition) is 2. The van der Waals surface area contributed by atoms with Crippen molar-refractivity contribution in [3.8, 4) is 5.75 Å². The monoisotopic (exact) mass is 287 g/mol. The van der Waals surface area contributed by atoms with Gasteiger partial charge in [0, 0.05) is 11.6 Å². The lowest BCUT2D eigenvalue weighted by Gasteiger charge is -2.20. The minimum absolute atomic E-state index is 0.0231. The molecule has 0 saturated carbocycles. The topological polar surface area (TPSA) is 21.3 Å². The highest BCUT2D eigenvalue weighted by atomic mass is 19.1. The van der Waals surface area contributed by atoms with Crippen LogP contribution in [0.3, 0.4) is 0 Å². The van der Waals surface area contributed by atoms with Gasteiger partial charge in [-0.15, -0.1) is 0 Å². The van der Waals surface area contributed by atoms with Crippen molar-refractivity contribution < 1.29 is 9.13 Å². The van der Waals surface area contributed by atoms with E-state index in [-0.39, 0.29) is 11.9 Å². The van der Waals surface area contributed by atoms with Crippen LogP contribution in [0.4, 0.5) is 4.39 Å². The third-order valence-corrected chi connectivity index (χ3v) is 3.49. The highest BCUT2D eigenvalue weighted by Gasteiger charge is 2.16. The van der Waals surface area contributed by atoms with Gasteiger partial charge in [-0.2, -0.15) is 0 Å². The van der Waals surface area contributed by atoms with Crippen molar-refractivity contribution in [1.29, 1.82) is 0 Å². The van der Waals surface area contributed by atoms with E-state index in [9.17, 15) is 4.39 Å². The first-order valence-corrected chi connectivity index (χ1v) is 7.38. The summed E-state index contributed by atoms with van der Waals surface area (Å²) in [5.41, 5.74) is 1.78. The van der Waals surface area contributed by atoms with E-state index in [1.54, 1.807) is 6.07 Å². The van der Waals surface area contributed by atoms with Crippen molar-refractivity contribution in [2.24, 2.45) is 0 Å². The Balaban J connectivity index is 2.23. The number of para-hydroxylation sites is 1. The third kappa shape index (κ3) is 4.05. The molecule has 2 aromatic rings. The Labute approximate surface area is 126 Å². The molecule has 0 saturated heterocycles. The molecule has 1 atom stereocenters. The second-order valence-electron chi connectivity index (χ2n) is 5.02. The minimum Gasteiger partial charge on any atom is -0.493 e. The molecule has 0 radical (unpaired) electrons. The number of likely N-dealkylation sites (N-methyl/N-ethyl adjacent to an activating group) is 1. The zero-order valence-corrected chi connectivity index (χ0v) is 12.6. The predicted octanol–water partition coefficient (Wildman–Crippen LogP) is 4.12. The Hall–Kier alpha value is -1.87. The van der Waals surface area contributed by atoms with Crippen LogP contribution in [-0.4, -0.2) is 13.7 Å². The maximum atomic E-state index is 13.8. The quantitative estimate of drug-likeness (QED) is 0.827. The summed E-state index contributed by atoms with van der Waals surface area (Å²) in [5.74, 6) is 0.708. The molecule has 0 heterocycles. The zero-order chi connectivity index (χ0) is 15.1. The van der Waals surface area contributed by atoms with Crippen LogP contribution in [0.2, 0.25) is 0 Å². The van der Waals surface area contributed by atoms with Crippen molar-refractivity contribution in [1.82, 2.24) is 5.32 Å². The van der Waals surface area contributed by atoms with Crippen LogP contribution in [0.15, 0.2) is 48.5 Å². The molecule has 1 unspecified atom stereocenters. The number of ether oxygens (including phenoxy) is 1. The fourth-order valence-corrected chi connectivity index (χ4v) is 2.36. The van der Waals surface area contributed by atoms with Crippen LogP contribution < -0.4 is 10.1 Å². The summed E-state index contributed by atoms with van der Waals surface area (Å²) in [4.78, 5) is 0. The van der Waals surface area contributed by atoms with E-state index >= 15 is 0 Å². The smallest absolute Gasteiger partial charge is 0.126 e. The van der Waals surface area contributed by atoms with Crippen molar-refractivity contribution >= 4 is 0 Å². The molecule has 3 heteroatoms. The van der Waals surface area contributed by atoms with Gasteiger partial charge in [0.1, 0.15) is 11.6 Å². The van der Waals surface area contributed by atoms with Crippen LogP contribution >= 0.6 is 0 Å². The largest absolute Gasteiger partial charge is 0.493 e. The average molecular weight is 287 g/mol. The van der Waals surface area contributed by atoms with Gasteiger partial charge >= 0.3 is 0 Å². The van der Waals surface area contributed by atoms with Crippen molar-refractivity contribution in [3.63, 3.8) is 0 Å². The van der Waals surface area contributed by atoms with Gasteiger partial charge in [-0.25, -0.2) is 4.39 Å². The lowest BCUT2D eigenvalue weighted by atomic mass is 9.98. The first-order chi connectivity index (χ1) is 10.3. The van der Waals surface area contributed by atoms with Gasteiger partial charge in [-0.3, -0.25) is 0 Å². The third-order valence-electron chi connectivity index (χ3n) is 3.49. The molecule has 0 amide bonds. The number of rotatable bonds is 7. The summed E-state index contributed by atoms with van der Waals surface area (Å²) in [5, 5.41) is 3.26. The Morgan fingerprint density at radius 1 is 1.10 bits per heavy atom. The fraction of sp³-hybridized carbons (Fsp3) is 0.333. The van der Waals surface area contributed by atoms with E-state index < -0.39 is 0 Å². The van der Waals surface area contributed by atoms with E-state index in [1.165, 1.54) is 6.07 Å². The molecule has 2 nitrogen and oxygen atoms in total. The molecule has 0 aromatic heterocycles. The Morgan fingerprint density at radius 3 is 2.52 bits per heavy atom. The summed E-state index contributed by atoms with van der Waals surface area (Å²) < 4.78 is 19.6. The second-order valence-corrected chi connectivity index (χ2v) is 5.02. The first-order valence-electron chi connectivity index (χ1n) is 7.38. The van der Waals surface area contributed by atoms with Gasteiger partial charge in [0.05, 0.1) is 6.61 Å². The standard InChI is InChI=1S/C18H22FNO/c1-3-12-21-18-11-7-5-9-15(18)17(20-2)13-14-8-4-6-10-16(14)19/h4-11,17,20H,3,12-13H2,1-2H3. The lowest BCUT2D eigenvalue weighted by Crippen LogP contribution is -2.20. The number of hydrogen-bond donors (Lipinski definition) is 1. The number of halogens is 1. The summed E-state index contributed by atoms with van der Waals surface area (Å²) in [6.45, 7) is 2.77. The van der Waals surface area contributed by atoms with Crippen LogP contribution in [0.5, 0.6) is 5.75 Å². The average Bonchev–Trinajstić information content (AvgIpc) is 2.52. The van der Waals surface area contributed by atoms with Crippen LogP contribution in [0.1, 0.15) is 30.5 Å². The number of nitrogens with one attached hydrogen (secondary N) is 1. The van der Waals surface area contributed by atoms with E-state index in [0.29, 0.717) is 18.6 Å². The van der Waals surface area contributed by atoms with Crippen molar-refractivity contribution in [2.75, 3.05) is 13.7 Å². The van der Waals surface area contributed by atoms with Gasteiger partial charge in [0.15, 0.2) is 0 Å². The normalized spacial score (nSPS) is 12.1. The lowest BCUT2D eigenvalue weighted by molar-refractivity contribution is 0.310. The van der Waals surface area contributed by atoms with E-state index in [2.05, 4.69) is 12.2 Å². The van der Waals surface area contributed by atoms with E-state index in [0.717, 1.165) is 17.7 Å². The summed E-state index contributed by atoms with van der Waals surface area (Å²) in [6.07, 6.45) is 1.56. The Morgan fingerprint density at radius 2 is 1.81 bits per heavy atom. The molecule has 0 bridgehead atoms. The molecule has 2 aromatic carbocycles. The molecule has 2 rings (SSSR count). The minimum atomic E-state index is -0.162.